The van der Waals surface area contributed by atoms with E-state index in [1.54, 1.807) is 12.4 Å². The summed E-state index contributed by atoms with van der Waals surface area (Å²) in [4.78, 5) is 27.0. The second-order valence-electron chi connectivity index (χ2n) is 9.32. The number of likely N-dealkylation sites (tertiary alicyclic amines) is 2. The van der Waals surface area contributed by atoms with Crippen molar-refractivity contribution in [2.45, 2.75) is 38.1 Å². The Hall–Kier alpha value is -2.96. The zero-order chi connectivity index (χ0) is 24.0. The van der Waals surface area contributed by atoms with Crippen molar-refractivity contribution in [3.63, 3.8) is 0 Å². The third-order valence-electron chi connectivity index (χ3n) is 6.81. The molecule has 182 valence electrons. The van der Waals surface area contributed by atoms with Gasteiger partial charge in [0.05, 0.1) is 23.6 Å². The van der Waals surface area contributed by atoms with Gasteiger partial charge < -0.3 is 9.64 Å². The summed E-state index contributed by atoms with van der Waals surface area (Å²) in [7, 11) is 0. The van der Waals surface area contributed by atoms with Crippen LogP contribution in [0, 0.1) is 0 Å². The van der Waals surface area contributed by atoms with Crippen molar-refractivity contribution in [1.29, 1.82) is 0 Å². The third kappa shape index (κ3) is 6.00. The molecule has 0 radical (unpaired) electrons. The molecule has 5 rings (SSSR count). The predicted octanol–water partition coefficient (Wildman–Crippen LogP) is 5.17. The molecule has 1 aromatic heterocycles. The molecule has 0 unspecified atom stereocenters. The number of halogens is 1. The summed E-state index contributed by atoms with van der Waals surface area (Å²) in [5.41, 5.74) is 3.48. The van der Waals surface area contributed by atoms with E-state index in [1.165, 1.54) is 25.9 Å². The van der Waals surface area contributed by atoms with E-state index in [1.807, 2.05) is 53.4 Å². The summed E-state index contributed by atoms with van der Waals surface area (Å²) in [6, 6.07) is 15.2. The molecule has 35 heavy (non-hydrogen) atoms. The fourth-order valence-electron chi connectivity index (χ4n) is 5.00. The highest BCUT2D eigenvalue weighted by Gasteiger charge is 2.32. The van der Waals surface area contributed by atoms with Crippen molar-refractivity contribution < 1.29 is 9.53 Å². The van der Waals surface area contributed by atoms with Gasteiger partial charge in [-0.25, -0.2) is 0 Å². The molecule has 1 atom stereocenters. The molecule has 2 aliphatic rings. The smallest absolute Gasteiger partial charge is 0.254 e. The molecule has 7 heteroatoms. The number of carbonyl (C=O) groups is 1. The standard InChI is InChI=1S/C28H31ClN4O2/c29-23-6-3-5-21(17-23)18-24-19-30-20-26(31-24)27-7-4-14-33(27)28(34)22-8-10-25(11-9-22)35-16-15-32-12-1-2-13-32/h3,5-6,8-11,17,19-20,27H,1-2,4,7,12-16,18H2/t27-/m0/s1. The van der Waals surface area contributed by atoms with E-state index in [4.69, 9.17) is 21.3 Å². The zero-order valence-corrected chi connectivity index (χ0v) is 20.7. The first-order valence-electron chi connectivity index (χ1n) is 12.5. The van der Waals surface area contributed by atoms with Gasteiger partial charge in [0.2, 0.25) is 0 Å². The van der Waals surface area contributed by atoms with Gasteiger partial charge in [-0.1, -0.05) is 23.7 Å². The molecule has 0 saturated carbocycles. The molecular formula is C28H31ClN4O2. The summed E-state index contributed by atoms with van der Waals surface area (Å²) < 4.78 is 5.89. The second kappa shape index (κ2) is 11.2. The molecule has 0 N–H and O–H groups in total. The Kier molecular flexibility index (Phi) is 7.60. The number of rotatable bonds is 8. The highest BCUT2D eigenvalue weighted by Crippen LogP contribution is 2.32. The second-order valence-corrected chi connectivity index (χ2v) is 9.76. The molecule has 3 heterocycles. The molecule has 0 aliphatic carbocycles. The van der Waals surface area contributed by atoms with E-state index in [0.29, 0.717) is 23.6 Å². The molecule has 0 spiro atoms. The highest BCUT2D eigenvalue weighted by atomic mass is 35.5. The first-order valence-corrected chi connectivity index (χ1v) is 12.8. The average Bonchev–Trinajstić information content (AvgIpc) is 3.57. The fourth-order valence-corrected chi connectivity index (χ4v) is 5.21. The zero-order valence-electron chi connectivity index (χ0n) is 19.9. The quantitative estimate of drug-likeness (QED) is 0.436. The van der Waals surface area contributed by atoms with Crippen molar-refractivity contribution in [2.75, 3.05) is 32.8 Å². The van der Waals surface area contributed by atoms with Crippen LogP contribution in [-0.2, 0) is 6.42 Å². The number of benzene rings is 2. The van der Waals surface area contributed by atoms with E-state index in [9.17, 15) is 4.79 Å². The summed E-state index contributed by atoms with van der Waals surface area (Å²) in [6.07, 6.45) is 8.63. The normalized spacial score (nSPS) is 18.2. The maximum Gasteiger partial charge on any atom is 0.254 e. The lowest BCUT2D eigenvalue weighted by Crippen LogP contribution is -2.31. The van der Waals surface area contributed by atoms with Crippen LogP contribution in [0.1, 0.15) is 59.0 Å². The average molecular weight is 491 g/mol. The maximum atomic E-state index is 13.4. The Morgan fingerprint density at radius 3 is 2.66 bits per heavy atom. The Bertz CT molecular complexity index is 1150. The molecule has 2 fully saturated rings. The first-order chi connectivity index (χ1) is 17.2. The van der Waals surface area contributed by atoms with Gasteiger partial charge in [0, 0.05) is 36.3 Å². The van der Waals surface area contributed by atoms with Crippen LogP contribution < -0.4 is 4.74 Å². The van der Waals surface area contributed by atoms with Crippen LogP contribution in [0.25, 0.3) is 0 Å². The summed E-state index contributed by atoms with van der Waals surface area (Å²) in [5.74, 6) is 0.830. The monoisotopic (exact) mass is 490 g/mol. The summed E-state index contributed by atoms with van der Waals surface area (Å²) >= 11 is 6.13. The molecule has 2 saturated heterocycles. The van der Waals surface area contributed by atoms with Crippen LogP contribution in [-0.4, -0.2) is 58.5 Å². The molecule has 2 aliphatic heterocycles. The summed E-state index contributed by atoms with van der Waals surface area (Å²) in [5, 5.41) is 0.710. The minimum Gasteiger partial charge on any atom is -0.492 e. The van der Waals surface area contributed by atoms with Gasteiger partial charge in [0.15, 0.2) is 0 Å². The highest BCUT2D eigenvalue weighted by molar-refractivity contribution is 6.30. The van der Waals surface area contributed by atoms with Gasteiger partial charge >= 0.3 is 0 Å². The minimum absolute atomic E-state index is 0.0261. The molecule has 3 aromatic rings. The van der Waals surface area contributed by atoms with E-state index in [-0.39, 0.29) is 11.9 Å². The van der Waals surface area contributed by atoms with Crippen molar-refractivity contribution in [2.24, 2.45) is 0 Å². The Balaban J connectivity index is 1.22. The van der Waals surface area contributed by atoms with Gasteiger partial charge in [-0.3, -0.25) is 19.7 Å². The number of aromatic nitrogens is 2. The lowest BCUT2D eigenvalue weighted by atomic mass is 10.1. The van der Waals surface area contributed by atoms with E-state index in [0.717, 1.165) is 48.6 Å². The van der Waals surface area contributed by atoms with Crippen LogP contribution in [0.4, 0.5) is 0 Å². The van der Waals surface area contributed by atoms with Gasteiger partial charge in [0.25, 0.3) is 5.91 Å². The topological polar surface area (TPSA) is 58.6 Å². The number of amides is 1. The van der Waals surface area contributed by atoms with Crippen molar-refractivity contribution >= 4 is 17.5 Å². The fraction of sp³-hybridized carbons (Fsp3) is 0.393. The van der Waals surface area contributed by atoms with E-state index in [2.05, 4.69) is 9.88 Å². The van der Waals surface area contributed by atoms with Gasteiger partial charge in [-0.15, -0.1) is 0 Å². The summed E-state index contributed by atoms with van der Waals surface area (Å²) in [6.45, 7) is 4.68. The molecular weight excluding hydrogens is 460 g/mol. The van der Waals surface area contributed by atoms with E-state index < -0.39 is 0 Å². The van der Waals surface area contributed by atoms with Gasteiger partial charge in [-0.2, -0.15) is 0 Å². The number of hydrogen-bond acceptors (Lipinski definition) is 5. The number of hydrogen-bond donors (Lipinski definition) is 0. The molecule has 6 nitrogen and oxygen atoms in total. The lowest BCUT2D eigenvalue weighted by Gasteiger charge is -2.24. The maximum absolute atomic E-state index is 13.4. The van der Waals surface area contributed by atoms with E-state index >= 15 is 0 Å². The molecule has 2 aromatic carbocycles. The van der Waals surface area contributed by atoms with Gasteiger partial charge in [-0.05, 0) is 80.7 Å². The van der Waals surface area contributed by atoms with Crippen molar-refractivity contribution in [3.8, 4) is 5.75 Å². The number of carbonyl (C=O) groups excluding carboxylic acids is 1. The molecule has 0 bridgehead atoms. The third-order valence-corrected chi connectivity index (χ3v) is 7.04. The van der Waals surface area contributed by atoms with Crippen LogP contribution in [0.3, 0.4) is 0 Å². The molecule has 1 amide bonds. The Labute approximate surface area is 211 Å². The lowest BCUT2D eigenvalue weighted by molar-refractivity contribution is 0.0732. The van der Waals surface area contributed by atoms with Crippen molar-refractivity contribution in [1.82, 2.24) is 19.8 Å². The number of nitrogens with zero attached hydrogens (tertiary/aromatic N) is 4. The van der Waals surface area contributed by atoms with Crippen LogP contribution >= 0.6 is 11.6 Å². The van der Waals surface area contributed by atoms with Crippen LogP contribution in [0.15, 0.2) is 60.9 Å². The van der Waals surface area contributed by atoms with Crippen LogP contribution in [0.2, 0.25) is 5.02 Å². The number of ether oxygens (including phenoxy) is 1. The SMILES string of the molecule is O=C(c1ccc(OCCN2CCCC2)cc1)N1CCC[C@H]1c1cncc(Cc2cccc(Cl)c2)n1. The minimum atomic E-state index is -0.0642. The Morgan fingerprint density at radius 1 is 1.03 bits per heavy atom. The Morgan fingerprint density at radius 2 is 1.86 bits per heavy atom. The van der Waals surface area contributed by atoms with Crippen LogP contribution in [0.5, 0.6) is 5.75 Å². The largest absolute Gasteiger partial charge is 0.492 e. The van der Waals surface area contributed by atoms with Gasteiger partial charge in [0.1, 0.15) is 12.4 Å². The van der Waals surface area contributed by atoms with Crippen molar-refractivity contribution in [3.05, 3.63) is 88.5 Å². The first kappa shape index (κ1) is 23.8. The predicted molar refractivity (Wildman–Crippen MR) is 137 cm³/mol.